The summed E-state index contributed by atoms with van der Waals surface area (Å²) in [5, 5.41) is 121. The summed E-state index contributed by atoms with van der Waals surface area (Å²) >= 11 is 0. The molecular formula is C71H133NO18. The van der Waals surface area contributed by atoms with Gasteiger partial charge in [-0.05, 0) is 44.9 Å². The molecule has 3 rings (SSSR count). The number of rotatable bonds is 57. The number of nitrogens with one attached hydrogen (secondary N) is 1. The van der Waals surface area contributed by atoms with E-state index in [2.05, 4.69) is 43.5 Å². The number of carbonyl (C=O) groups excluding carboxylic acids is 1. The second-order valence-corrected chi connectivity index (χ2v) is 26.4. The van der Waals surface area contributed by atoms with E-state index in [1.807, 2.05) is 0 Å². The van der Waals surface area contributed by atoms with Crippen molar-refractivity contribution in [1.29, 1.82) is 0 Å². The average molecular weight is 1290 g/mol. The van der Waals surface area contributed by atoms with Gasteiger partial charge in [0, 0.05) is 6.42 Å². The molecule has 0 aromatic carbocycles. The van der Waals surface area contributed by atoms with E-state index in [1.54, 1.807) is 0 Å². The predicted molar refractivity (Wildman–Crippen MR) is 351 cm³/mol. The third-order valence-corrected chi connectivity index (χ3v) is 18.5. The highest BCUT2D eigenvalue weighted by Gasteiger charge is 2.53. The van der Waals surface area contributed by atoms with Gasteiger partial charge in [0.15, 0.2) is 18.9 Å². The zero-order valence-corrected chi connectivity index (χ0v) is 56.1. The molecule has 3 aliphatic heterocycles. The van der Waals surface area contributed by atoms with Crippen molar-refractivity contribution in [1.82, 2.24) is 5.32 Å². The SMILES string of the molecule is CCCCCCC/C=C\C/C=C\CCCCCCCCCCCCCC(=O)NC(COC1OC(CO)C(OC2OC(CO)C(OC3OC(CO)C(O)C(O)C3O)C(O)C2O)C(O)C1O)C(O)CCCCCCCCCCCCCCCCCCCCCCCC. The molecule has 3 saturated heterocycles. The molecule has 3 aliphatic rings. The van der Waals surface area contributed by atoms with E-state index in [1.165, 1.54) is 199 Å². The number of aliphatic hydroxyl groups excluding tert-OH is 11. The summed E-state index contributed by atoms with van der Waals surface area (Å²) in [6.45, 7) is 1.83. The van der Waals surface area contributed by atoms with Gasteiger partial charge < -0.3 is 89.9 Å². The largest absolute Gasteiger partial charge is 0.394 e. The minimum absolute atomic E-state index is 0.241. The first-order valence-corrected chi connectivity index (χ1v) is 36.6. The van der Waals surface area contributed by atoms with Gasteiger partial charge in [0.05, 0.1) is 38.6 Å². The van der Waals surface area contributed by atoms with Crippen LogP contribution in [-0.4, -0.2) is 193 Å². The van der Waals surface area contributed by atoms with Crippen LogP contribution < -0.4 is 5.32 Å². The summed E-state index contributed by atoms with van der Waals surface area (Å²) in [6.07, 6.45) is 33.9. The van der Waals surface area contributed by atoms with E-state index in [9.17, 15) is 61.0 Å². The minimum Gasteiger partial charge on any atom is -0.394 e. The lowest BCUT2D eigenvalue weighted by atomic mass is 9.96. The van der Waals surface area contributed by atoms with Gasteiger partial charge in [-0.2, -0.15) is 0 Å². The normalized spacial score (nSPS) is 28.1. The molecule has 19 heteroatoms. The van der Waals surface area contributed by atoms with Gasteiger partial charge in [0.1, 0.15) is 73.2 Å². The van der Waals surface area contributed by atoms with Crippen molar-refractivity contribution >= 4 is 5.91 Å². The molecule has 0 radical (unpaired) electrons. The molecule has 0 saturated carbocycles. The summed E-state index contributed by atoms with van der Waals surface area (Å²) in [5.41, 5.74) is 0. The molecule has 0 bridgehead atoms. The lowest BCUT2D eigenvalue weighted by molar-refractivity contribution is -0.379. The zero-order chi connectivity index (χ0) is 65.4. The van der Waals surface area contributed by atoms with Crippen LogP contribution in [0.3, 0.4) is 0 Å². The maximum atomic E-state index is 13.4. The van der Waals surface area contributed by atoms with Crippen molar-refractivity contribution < 1.29 is 89.4 Å². The van der Waals surface area contributed by atoms with E-state index >= 15 is 0 Å². The number of carbonyl (C=O) groups is 1. The Morgan fingerprint density at radius 2 is 0.733 bits per heavy atom. The van der Waals surface area contributed by atoms with Gasteiger partial charge in [-0.3, -0.25) is 4.79 Å². The fourth-order valence-corrected chi connectivity index (χ4v) is 12.6. The van der Waals surface area contributed by atoms with Crippen LogP contribution in [0.1, 0.15) is 290 Å². The highest BCUT2D eigenvalue weighted by Crippen LogP contribution is 2.33. The van der Waals surface area contributed by atoms with Crippen molar-refractivity contribution in [2.24, 2.45) is 0 Å². The Morgan fingerprint density at radius 1 is 0.400 bits per heavy atom. The number of allylic oxidation sites excluding steroid dienone is 4. The standard InChI is InChI=1S/C71H133NO18/c1-3-5-7-9-11-13-15-17-19-21-23-25-27-29-31-33-35-37-39-41-43-45-47-49-59(77)72-54(55(76)48-46-44-42-40-38-36-34-32-30-28-26-24-22-20-18-16-14-12-10-8-6-4-2)53-85-69-65(83)62(80)67(57(51-74)87-69)90-71-66(84)63(81)68(58(52-75)88-71)89-70-64(82)61(79)60(78)56(50-73)86-70/h15,17,21,23,54-58,60-71,73-76,78-84H,3-14,16,18-20,22,24-53H2,1-2H3,(H,72,77)/b17-15-,23-21-. The van der Waals surface area contributed by atoms with Gasteiger partial charge >= 0.3 is 0 Å². The molecule has 17 atom stereocenters. The van der Waals surface area contributed by atoms with Crippen molar-refractivity contribution in [2.75, 3.05) is 26.4 Å². The molecule has 0 aliphatic carbocycles. The van der Waals surface area contributed by atoms with E-state index in [0.717, 1.165) is 57.8 Å². The first kappa shape index (κ1) is 82.5. The number of hydrogen-bond acceptors (Lipinski definition) is 18. The number of aliphatic hydroxyl groups is 11. The molecule has 17 unspecified atom stereocenters. The Balaban J connectivity index is 1.42. The molecule has 0 aromatic rings. The molecule has 3 heterocycles. The van der Waals surface area contributed by atoms with Crippen molar-refractivity contribution in [3.8, 4) is 0 Å². The molecule has 3 fully saturated rings. The van der Waals surface area contributed by atoms with Crippen LogP contribution in [0.2, 0.25) is 0 Å². The Hall–Kier alpha value is -1.73. The Labute approximate surface area is 543 Å². The molecular weight excluding hydrogens is 1150 g/mol. The number of hydrogen-bond donors (Lipinski definition) is 12. The molecule has 12 N–H and O–H groups in total. The van der Waals surface area contributed by atoms with Crippen LogP contribution >= 0.6 is 0 Å². The molecule has 1 amide bonds. The van der Waals surface area contributed by atoms with Crippen LogP contribution in [0.15, 0.2) is 24.3 Å². The Morgan fingerprint density at radius 3 is 1.13 bits per heavy atom. The van der Waals surface area contributed by atoms with Gasteiger partial charge in [0.25, 0.3) is 0 Å². The smallest absolute Gasteiger partial charge is 0.220 e. The molecule has 530 valence electrons. The van der Waals surface area contributed by atoms with Gasteiger partial charge in [-0.15, -0.1) is 0 Å². The highest BCUT2D eigenvalue weighted by molar-refractivity contribution is 5.76. The summed E-state index contributed by atoms with van der Waals surface area (Å²) in [5.74, 6) is -0.241. The zero-order valence-electron chi connectivity index (χ0n) is 56.1. The number of unbranched alkanes of at least 4 members (excludes halogenated alkanes) is 37. The first-order chi connectivity index (χ1) is 43.8. The maximum Gasteiger partial charge on any atom is 0.220 e. The van der Waals surface area contributed by atoms with E-state index in [-0.39, 0.29) is 18.9 Å². The molecule has 0 spiro atoms. The maximum absolute atomic E-state index is 13.4. The lowest BCUT2D eigenvalue weighted by Crippen LogP contribution is -2.66. The molecule has 0 aromatic heterocycles. The quantitative estimate of drug-likeness (QED) is 0.0199. The monoisotopic (exact) mass is 1290 g/mol. The predicted octanol–water partition coefficient (Wildman–Crippen LogP) is 10.2. The first-order valence-electron chi connectivity index (χ1n) is 36.6. The van der Waals surface area contributed by atoms with Crippen LogP contribution in [0.4, 0.5) is 0 Å². The Bertz CT molecular complexity index is 1730. The van der Waals surface area contributed by atoms with Crippen LogP contribution in [0, 0.1) is 0 Å². The fourth-order valence-electron chi connectivity index (χ4n) is 12.6. The van der Waals surface area contributed by atoms with Crippen molar-refractivity contribution in [2.45, 2.75) is 394 Å². The molecule has 90 heavy (non-hydrogen) atoms. The third kappa shape index (κ3) is 34.8. The summed E-state index contributed by atoms with van der Waals surface area (Å²) in [7, 11) is 0. The number of amides is 1. The van der Waals surface area contributed by atoms with Crippen molar-refractivity contribution in [3.05, 3.63) is 24.3 Å². The van der Waals surface area contributed by atoms with Crippen molar-refractivity contribution in [3.63, 3.8) is 0 Å². The second-order valence-electron chi connectivity index (χ2n) is 26.4. The van der Waals surface area contributed by atoms with Gasteiger partial charge in [0.2, 0.25) is 5.91 Å². The topological polar surface area (TPSA) is 307 Å². The van der Waals surface area contributed by atoms with Gasteiger partial charge in [-0.25, -0.2) is 0 Å². The molecule has 19 nitrogen and oxygen atoms in total. The summed E-state index contributed by atoms with van der Waals surface area (Å²) in [4.78, 5) is 13.4. The number of ether oxygens (including phenoxy) is 6. The minimum atomic E-state index is -1.97. The Kier molecular flexibility index (Phi) is 49.0. The van der Waals surface area contributed by atoms with E-state index in [4.69, 9.17) is 28.4 Å². The second kappa shape index (κ2) is 53.4. The van der Waals surface area contributed by atoms with Crippen LogP contribution in [-0.2, 0) is 33.2 Å². The summed E-state index contributed by atoms with van der Waals surface area (Å²) in [6, 6.07) is -0.888. The van der Waals surface area contributed by atoms with Gasteiger partial charge in [-0.1, -0.05) is 263 Å². The van der Waals surface area contributed by atoms with Crippen LogP contribution in [0.5, 0.6) is 0 Å². The van der Waals surface area contributed by atoms with Crippen LogP contribution in [0.25, 0.3) is 0 Å². The van der Waals surface area contributed by atoms with E-state index in [0.29, 0.717) is 12.8 Å². The third-order valence-electron chi connectivity index (χ3n) is 18.5. The average Bonchev–Trinajstić information content (AvgIpc) is 0.865. The van der Waals surface area contributed by atoms with E-state index < -0.39 is 124 Å². The fraction of sp³-hybridized carbons (Fsp3) is 0.930. The summed E-state index contributed by atoms with van der Waals surface area (Å²) < 4.78 is 34.5. The highest BCUT2D eigenvalue weighted by atomic mass is 16.8. The lowest BCUT2D eigenvalue weighted by Gasteiger charge is -2.48.